The molecule has 1 aliphatic heterocycles. The van der Waals surface area contributed by atoms with E-state index < -0.39 is 0 Å². The maximum Gasteiger partial charge on any atom is 0.119 e. The number of nitrogens with two attached hydrogens (primary N) is 1. The van der Waals surface area contributed by atoms with Crippen LogP contribution in [0.1, 0.15) is 51.6 Å². The second-order valence-corrected chi connectivity index (χ2v) is 6.35. The number of likely N-dealkylation sites (tertiary alicyclic amines) is 1. The third kappa shape index (κ3) is 4.21. The minimum Gasteiger partial charge on any atom is -0.491 e. The molecule has 1 aliphatic rings. The molecule has 3 nitrogen and oxygen atoms in total. The van der Waals surface area contributed by atoms with Crippen LogP contribution in [0.25, 0.3) is 0 Å². The molecule has 0 spiro atoms. The first-order valence-electron chi connectivity index (χ1n) is 8.36. The van der Waals surface area contributed by atoms with E-state index in [9.17, 15) is 0 Å². The molecule has 2 N–H and O–H groups in total. The van der Waals surface area contributed by atoms with Crippen LogP contribution in [0.5, 0.6) is 5.75 Å². The van der Waals surface area contributed by atoms with Crippen LogP contribution in [0.15, 0.2) is 24.3 Å². The van der Waals surface area contributed by atoms with Gasteiger partial charge in [0.15, 0.2) is 0 Å². The zero-order valence-electron chi connectivity index (χ0n) is 13.7. The summed E-state index contributed by atoms with van der Waals surface area (Å²) >= 11 is 0. The molecule has 1 aromatic rings. The van der Waals surface area contributed by atoms with Gasteiger partial charge in [-0.2, -0.15) is 0 Å². The van der Waals surface area contributed by atoms with Gasteiger partial charge in [0.05, 0.1) is 6.10 Å². The normalized spacial score (nSPS) is 23.5. The van der Waals surface area contributed by atoms with Crippen molar-refractivity contribution in [1.29, 1.82) is 0 Å². The maximum atomic E-state index is 6.03. The Hall–Kier alpha value is -1.06. The first-order chi connectivity index (χ1) is 10.2. The lowest BCUT2D eigenvalue weighted by Crippen LogP contribution is -2.41. The van der Waals surface area contributed by atoms with Crippen molar-refractivity contribution in [3.63, 3.8) is 0 Å². The van der Waals surface area contributed by atoms with E-state index in [4.69, 9.17) is 10.5 Å². The van der Waals surface area contributed by atoms with E-state index in [1.165, 1.54) is 31.4 Å². The van der Waals surface area contributed by atoms with Gasteiger partial charge in [-0.1, -0.05) is 19.1 Å². The molecule has 3 heteroatoms. The number of piperidine rings is 1. The molecule has 1 fully saturated rings. The molecule has 2 unspecified atom stereocenters. The molecule has 0 amide bonds. The summed E-state index contributed by atoms with van der Waals surface area (Å²) in [6.45, 7) is 9.49. The van der Waals surface area contributed by atoms with Gasteiger partial charge in [-0.05, 0) is 76.4 Å². The largest absolute Gasteiger partial charge is 0.491 e. The van der Waals surface area contributed by atoms with Crippen molar-refractivity contribution in [3.05, 3.63) is 29.8 Å². The molecule has 0 saturated carbocycles. The predicted octanol–water partition coefficient (Wildman–Crippen LogP) is 3.60. The summed E-state index contributed by atoms with van der Waals surface area (Å²) in [6.07, 6.45) is 3.93. The maximum absolute atomic E-state index is 6.03. The molecule has 118 valence electrons. The van der Waals surface area contributed by atoms with E-state index >= 15 is 0 Å². The topological polar surface area (TPSA) is 38.5 Å². The number of ether oxygens (including phenoxy) is 1. The van der Waals surface area contributed by atoms with Crippen molar-refractivity contribution in [3.8, 4) is 5.75 Å². The lowest BCUT2D eigenvalue weighted by atomic mass is 9.84. The van der Waals surface area contributed by atoms with Gasteiger partial charge in [0, 0.05) is 6.04 Å². The average molecular weight is 290 g/mol. The Labute approximate surface area is 129 Å². The van der Waals surface area contributed by atoms with Crippen LogP contribution in [0.4, 0.5) is 0 Å². The first-order valence-corrected chi connectivity index (χ1v) is 8.36. The molecule has 21 heavy (non-hydrogen) atoms. The highest BCUT2D eigenvalue weighted by atomic mass is 16.5. The summed E-state index contributed by atoms with van der Waals surface area (Å²) in [5.41, 5.74) is 7.42. The third-order valence-electron chi connectivity index (χ3n) is 4.27. The number of nitrogens with zero attached hydrogens (tertiary/aromatic N) is 1. The smallest absolute Gasteiger partial charge is 0.119 e. The second-order valence-electron chi connectivity index (χ2n) is 6.35. The Morgan fingerprint density at radius 2 is 2.00 bits per heavy atom. The van der Waals surface area contributed by atoms with Crippen LogP contribution in [-0.2, 0) is 0 Å². The summed E-state index contributed by atoms with van der Waals surface area (Å²) in [6, 6.07) is 9.11. The van der Waals surface area contributed by atoms with Crippen molar-refractivity contribution in [1.82, 2.24) is 4.90 Å². The molecule has 1 saturated heterocycles. The van der Waals surface area contributed by atoms with E-state index in [1.807, 2.05) is 0 Å². The predicted molar refractivity (Wildman–Crippen MR) is 88.6 cm³/mol. The summed E-state index contributed by atoms with van der Waals surface area (Å²) in [4.78, 5) is 2.61. The van der Waals surface area contributed by atoms with Gasteiger partial charge in [-0.25, -0.2) is 0 Å². The average Bonchev–Trinajstić information content (AvgIpc) is 2.48. The van der Waals surface area contributed by atoms with Crippen molar-refractivity contribution in [2.45, 2.75) is 52.2 Å². The SMILES string of the molecule is CCCN1CCCC(CN)C1c1ccc(OC(C)C)cc1. The van der Waals surface area contributed by atoms with E-state index in [-0.39, 0.29) is 6.10 Å². The van der Waals surface area contributed by atoms with Crippen molar-refractivity contribution < 1.29 is 4.74 Å². The van der Waals surface area contributed by atoms with Crippen LogP contribution >= 0.6 is 0 Å². The van der Waals surface area contributed by atoms with Crippen LogP contribution < -0.4 is 10.5 Å². The fraction of sp³-hybridized carbons (Fsp3) is 0.667. The molecule has 0 aromatic heterocycles. The molecular weight excluding hydrogens is 260 g/mol. The van der Waals surface area contributed by atoms with Crippen molar-refractivity contribution in [2.24, 2.45) is 11.7 Å². The summed E-state index contributed by atoms with van der Waals surface area (Å²) in [5.74, 6) is 1.53. The molecule has 1 heterocycles. The summed E-state index contributed by atoms with van der Waals surface area (Å²) in [7, 11) is 0. The lowest BCUT2D eigenvalue weighted by molar-refractivity contribution is 0.0960. The molecule has 2 atom stereocenters. The van der Waals surface area contributed by atoms with E-state index in [0.29, 0.717) is 12.0 Å². The number of rotatable bonds is 6. The van der Waals surface area contributed by atoms with Crippen molar-refractivity contribution >= 4 is 0 Å². The zero-order valence-corrected chi connectivity index (χ0v) is 13.7. The van der Waals surface area contributed by atoms with Crippen LogP contribution in [0, 0.1) is 5.92 Å². The fourth-order valence-electron chi connectivity index (χ4n) is 3.44. The Bertz CT molecular complexity index is 414. The second kappa shape index (κ2) is 7.81. The lowest BCUT2D eigenvalue weighted by Gasteiger charge is -2.41. The van der Waals surface area contributed by atoms with Gasteiger partial charge in [-0.3, -0.25) is 4.90 Å². The third-order valence-corrected chi connectivity index (χ3v) is 4.27. The molecule has 2 rings (SSSR count). The van der Waals surface area contributed by atoms with E-state index in [2.05, 4.69) is 49.9 Å². The fourth-order valence-corrected chi connectivity index (χ4v) is 3.44. The first kappa shape index (κ1) is 16.3. The highest BCUT2D eigenvalue weighted by Gasteiger charge is 2.31. The Balaban J connectivity index is 2.17. The number of hydrogen-bond acceptors (Lipinski definition) is 3. The van der Waals surface area contributed by atoms with E-state index in [1.54, 1.807) is 0 Å². The standard InChI is InChI=1S/C18H30N2O/c1-4-11-20-12-5-6-16(13-19)18(20)15-7-9-17(10-8-15)21-14(2)3/h7-10,14,16,18H,4-6,11-13,19H2,1-3H3. The molecule has 0 aliphatic carbocycles. The van der Waals surface area contributed by atoms with Gasteiger partial charge >= 0.3 is 0 Å². The van der Waals surface area contributed by atoms with Crippen LogP contribution in [0.3, 0.4) is 0 Å². The van der Waals surface area contributed by atoms with Gasteiger partial charge < -0.3 is 10.5 Å². The number of benzene rings is 1. The summed E-state index contributed by atoms with van der Waals surface area (Å²) < 4.78 is 5.75. The van der Waals surface area contributed by atoms with Gasteiger partial charge in [0.25, 0.3) is 0 Å². The Kier molecular flexibility index (Phi) is 6.07. The zero-order chi connectivity index (χ0) is 15.2. The quantitative estimate of drug-likeness (QED) is 0.870. The monoisotopic (exact) mass is 290 g/mol. The summed E-state index contributed by atoms with van der Waals surface area (Å²) in [5, 5.41) is 0. The minimum atomic E-state index is 0.221. The van der Waals surface area contributed by atoms with Crippen LogP contribution in [0.2, 0.25) is 0 Å². The highest BCUT2D eigenvalue weighted by Crippen LogP contribution is 2.36. The van der Waals surface area contributed by atoms with Gasteiger partial charge in [0.1, 0.15) is 5.75 Å². The van der Waals surface area contributed by atoms with Crippen molar-refractivity contribution in [2.75, 3.05) is 19.6 Å². The molecular formula is C18H30N2O. The number of hydrogen-bond donors (Lipinski definition) is 1. The Morgan fingerprint density at radius 3 is 2.57 bits per heavy atom. The molecule has 0 radical (unpaired) electrons. The van der Waals surface area contributed by atoms with E-state index in [0.717, 1.165) is 18.8 Å². The van der Waals surface area contributed by atoms with Gasteiger partial charge in [0.2, 0.25) is 0 Å². The Morgan fingerprint density at radius 1 is 1.29 bits per heavy atom. The molecule has 1 aromatic carbocycles. The molecule has 0 bridgehead atoms. The minimum absolute atomic E-state index is 0.221. The van der Waals surface area contributed by atoms with Gasteiger partial charge in [-0.15, -0.1) is 0 Å². The highest BCUT2D eigenvalue weighted by molar-refractivity contribution is 5.30. The van der Waals surface area contributed by atoms with Crippen LogP contribution in [-0.4, -0.2) is 30.6 Å².